The van der Waals surface area contributed by atoms with E-state index in [1.54, 1.807) is 10.6 Å². The summed E-state index contributed by atoms with van der Waals surface area (Å²) in [5, 5.41) is 10.5. The van der Waals surface area contributed by atoms with Crippen molar-refractivity contribution in [2.75, 3.05) is 50.1 Å². The van der Waals surface area contributed by atoms with Crippen molar-refractivity contribution in [3.8, 4) is 17.2 Å². The number of piperazine rings is 1. The van der Waals surface area contributed by atoms with Gasteiger partial charge in [0.15, 0.2) is 23.0 Å². The Kier molecular flexibility index (Phi) is 6.91. The second-order valence-electron chi connectivity index (χ2n) is 10.4. The summed E-state index contributed by atoms with van der Waals surface area (Å²) in [6.07, 6.45) is 8.29. The molecule has 1 saturated heterocycles. The number of rotatable bonds is 7. The second kappa shape index (κ2) is 11.2. The zero-order valence-electron chi connectivity index (χ0n) is 23.8. The van der Waals surface area contributed by atoms with Crippen LogP contribution in [0.1, 0.15) is 5.56 Å². The van der Waals surface area contributed by atoms with Crippen LogP contribution in [0.25, 0.3) is 16.7 Å². The number of nitrogens with one attached hydrogen (secondary N) is 2. The lowest BCUT2D eigenvalue weighted by molar-refractivity contribution is -0.129. The molecule has 0 spiro atoms. The number of hydrogen-bond donors (Lipinski definition) is 2. The number of carbonyl (C=O) groups excluding carboxylic acids is 1. The number of amides is 1. The molecule has 4 aromatic heterocycles. The third-order valence-electron chi connectivity index (χ3n) is 7.55. The fourth-order valence-electron chi connectivity index (χ4n) is 5.39. The summed E-state index contributed by atoms with van der Waals surface area (Å²) in [6, 6.07) is 11.4. The van der Waals surface area contributed by atoms with Crippen molar-refractivity contribution in [3.63, 3.8) is 0 Å². The number of anilines is 3. The number of ether oxygens (including phenoxy) is 2. The molecular weight excluding hydrogens is 548 g/mol. The maximum absolute atomic E-state index is 12.8. The average Bonchev–Trinajstić information content (AvgIpc) is 3.44. The van der Waals surface area contributed by atoms with Gasteiger partial charge in [0.25, 0.3) is 0 Å². The van der Waals surface area contributed by atoms with Crippen LogP contribution in [0.5, 0.6) is 17.2 Å². The lowest BCUT2D eigenvalue weighted by atomic mass is 10.1. The largest absolute Gasteiger partial charge is 0.487 e. The van der Waals surface area contributed by atoms with Crippen LogP contribution in [-0.4, -0.2) is 86.2 Å². The average molecular weight is 579 g/mol. The molecule has 0 aliphatic carbocycles. The van der Waals surface area contributed by atoms with Crippen LogP contribution in [0, 0.1) is 6.92 Å². The van der Waals surface area contributed by atoms with Gasteiger partial charge in [-0.05, 0) is 43.8 Å². The Morgan fingerprint density at radius 2 is 2.07 bits per heavy atom. The van der Waals surface area contributed by atoms with Crippen LogP contribution in [-0.2, 0) is 4.79 Å². The monoisotopic (exact) mass is 578 g/mol. The fourth-order valence-corrected chi connectivity index (χ4v) is 5.39. The van der Waals surface area contributed by atoms with Gasteiger partial charge in [-0.2, -0.15) is 5.10 Å². The minimum Gasteiger partial charge on any atom is -0.487 e. The maximum atomic E-state index is 12.8. The van der Waals surface area contributed by atoms with Crippen LogP contribution in [0.15, 0.2) is 67.4 Å². The predicted molar refractivity (Wildman–Crippen MR) is 161 cm³/mol. The number of carbonyl (C=O) groups is 1. The molecule has 2 bridgehead atoms. The lowest BCUT2D eigenvalue weighted by Gasteiger charge is -2.39. The highest BCUT2D eigenvalue weighted by molar-refractivity contribution is 5.90. The van der Waals surface area contributed by atoms with E-state index in [4.69, 9.17) is 14.5 Å². The molecule has 1 aromatic carbocycles. The summed E-state index contributed by atoms with van der Waals surface area (Å²) >= 11 is 0. The summed E-state index contributed by atoms with van der Waals surface area (Å²) in [4.78, 5) is 35.1. The number of nitrogens with zero attached hydrogens (tertiary/aromatic N) is 8. The highest BCUT2D eigenvalue weighted by Crippen LogP contribution is 2.36. The molecule has 7 rings (SSSR count). The van der Waals surface area contributed by atoms with Gasteiger partial charge in [-0.3, -0.25) is 4.79 Å². The molecule has 1 fully saturated rings. The third kappa shape index (κ3) is 5.26. The fraction of sp³-hybridized carbons (Fsp3) is 0.267. The molecule has 0 saturated carbocycles. The van der Waals surface area contributed by atoms with Crippen molar-refractivity contribution in [3.05, 3.63) is 73.0 Å². The summed E-state index contributed by atoms with van der Waals surface area (Å²) < 4.78 is 14.0. The summed E-state index contributed by atoms with van der Waals surface area (Å²) in [5.74, 6) is 3.37. The molecule has 43 heavy (non-hydrogen) atoms. The van der Waals surface area contributed by atoms with E-state index in [1.807, 2.05) is 67.5 Å². The zero-order valence-corrected chi connectivity index (χ0v) is 23.8. The molecule has 1 atom stereocenters. The lowest BCUT2D eigenvalue weighted by Crippen LogP contribution is -2.56. The molecule has 2 N–H and O–H groups in total. The van der Waals surface area contributed by atoms with Crippen molar-refractivity contribution >= 4 is 39.9 Å². The summed E-state index contributed by atoms with van der Waals surface area (Å²) in [5.41, 5.74) is 3.79. The Labute approximate surface area is 247 Å². The molecular formula is C30H30N10O3. The Morgan fingerprint density at radius 1 is 1.14 bits per heavy atom. The van der Waals surface area contributed by atoms with Gasteiger partial charge in [0.2, 0.25) is 5.91 Å². The molecule has 5 aromatic rings. The van der Waals surface area contributed by atoms with Crippen LogP contribution >= 0.6 is 0 Å². The van der Waals surface area contributed by atoms with Crippen LogP contribution in [0.4, 0.5) is 17.3 Å². The Balaban J connectivity index is 1.11. The van der Waals surface area contributed by atoms with Gasteiger partial charge in [-0.1, -0.05) is 6.08 Å². The van der Waals surface area contributed by atoms with Crippen LogP contribution < -0.4 is 25.0 Å². The second-order valence-corrected chi connectivity index (χ2v) is 10.4. The highest BCUT2D eigenvalue weighted by Gasteiger charge is 2.35. The Morgan fingerprint density at radius 3 is 2.95 bits per heavy atom. The highest BCUT2D eigenvalue weighted by atomic mass is 16.5. The Bertz CT molecular complexity index is 1860. The van der Waals surface area contributed by atoms with Crippen molar-refractivity contribution in [2.24, 2.45) is 0 Å². The van der Waals surface area contributed by atoms with E-state index in [-0.39, 0.29) is 11.9 Å². The molecule has 0 radical (unpaired) electrons. The van der Waals surface area contributed by atoms with E-state index in [1.165, 1.54) is 12.7 Å². The number of fused-ring (bicyclic) bond motifs is 6. The van der Waals surface area contributed by atoms with Crippen molar-refractivity contribution in [1.82, 2.24) is 39.8 Å². The molecule has 13 heteroatoms. The SMILES string of the molecule is CNC/C=C/C(=O)N1CCN2C[C@H]1COc1cc3ncnc(Nc4ccc(Oc5ccn6ncnc6c5)c(C)c4)c3nc12. The molecule has 1 amide bonds. The first-order valence-electron chi connectivity index (χ1n) is 14.1. The normalized spacial score (nSPS) is 16.3. The quantitative estimate of drug-likeness (QED) is 0.276. The molecule has 6 heterocycles. The van der Waals surface area contributed by atoms with Gasteiger partial charge in [0, 0.05) is 56.3 Å². The van der Waals surface area contributed by atoms with E-state index < -0.39 is 0 Å². The molecule has 13 nitrogen and oxygen atoms in total. The molecule has 2 aliphatic rings. The van der Waals surface area contributed by atoms with Crippen molar-refractivity contribution in [1.29, 1.82) is 0 Å². The standard InChI is InChI=1S/C30H30N10O3/c1-19-12-20(5-6-24(19)43-22-7-9-40-26(13-22)33-18-35-40)36-29-28-23(32-17-34-29)14-25-30(37-28)38-10-11-39(21(15-38)16-42-25)27(41)4-3-8-31-2/h3-7,9,12-14,17-18,21,31H,8,10-11,15-16H2,1-2H3,(H,32,34,36)/b4-3+/t21-/m0/s1. The van der Waals surface area contributed by atoms with Crippen LogP contribution in [0.2, 0.25) is 0 Å². The number of likely N-dealkylation sites (N-methyl/N-ethyl adjacent to an activating group) is 1. The first-order valence-corrected chi connectivity index (χ1v) is 14.1. The van der Waals surface area contributed by atoms with Gasteiger partial charge in [-0.25, -0.2) is 24.5 Å². The van der Waals surface area contributed by atoms with Crippen molar-refractivity contribution < 1.29 is 14.3 Å². The first kappa shape index (κ1) is 26.6. The van der Waals surface area contributed by atoms with Gasteiger partial charge >= 0.3 is 0 Å². The molecule has 2 aliphatic heterocycles. The molecule has 0 unspecified atom stereocenters. The topological polar surface area (TPSA) is 135 Å². The van der Waals surface area contributed by atoms with Crippen molar-refractivity contribution in [2.45, 2.75) is 13.0 Å². The van der Waals surface area contributed by atoms with E-state index in [0.717, 1.165) is 22.8 Å². The summed E-state index contributed by atoms with van der Waals surface area (Å²) in [6.45, 7) is 4.90. The minimum absolute atomic E-state index is 0.00645. The van der Waals surface area contributed by atoms with E-state index >= 15 is 0 Å². The van der Waals surface area contributed by atoms with E-state index in [9.17, 15) is 4.79 Å². The Hall–Kier alpha value is -5.30. The van der Waals surface area contributed by atoms with Gasteiger partial charge < -0.3 is 29.9 Å². The van der Waals surface area contributed by atoms with Gasteiger partial charge in [0.05, 0.1) is 11.6 Å². The van der Waals surface area contributed by atoms with E-state index in [2.05, 4.69) is 35.6 Å². The predicted octanol–water partition coefficient (Wildman–Crippen LogP) is 3.10. The first-order chi connectivity index (χ1) is 21.1. The maximum Gasteiger partial charge on any atom is 0.246 e. The number of benzene rings is 1. The number of aromatic nitrogens is 6. The van der Waals surface area contributed by atoms with Gasteiger partial charge in [-0.15, -0.1) is 0 Å². The number of aryl methyl sites for hydroxylation is 1. The number of hydrogen-bond acceptors (Lipinski definition) is 11. The smallest absolute Gasteiger partial charge is 0.246 e. The minimum atomic E-state index is -0.0801. The number of pyridine rings is 2. The third-order valence-corrected chi connectivity index (χ3v) is 7.55. The summed E-state index contributed by atoms with van der Waals surface area (Å²) in [7, 11) is 1.85. The van der Waals surface area contributed by atoms with Gasteiger partial charge in [0.1, 0.15) is 36.3 Å². The zero-order chi connectivity index (χ0) is 29.3. The van der Waals surface area contributed by atoms with Crippen LogP contribution in [0.3, 0.4) is 0 Å². The van der Waals surface area contributed by atoms with E-state index in [0.29, 0.717) is 66.8 Å². The molecule has 218 valence electrons.